The van der Waals surface area contributed by atoms with Crippen LogP contribution in [0.1, 0.15) is 49.3 Å². The number of rotatable bonds is 6. The zero-order valence-corrected chi connectivity index (χ0v) is 17.7. The second kappa shape index (κ2) is 8.53. The fourth-order valence-electron chi connectivity index (χ4n) is 3.40. The highest BCUT2D eigenvalue weighted by atomic mass is 16.6. The van der Waals surface area contributed by atoms with E-state index in [-0.39, 0.29) is 11.7 Å². The zero-order chi connectivity index (χ0) is 21.9. The molecule has 1 heterocycles. The summed E-state index contributed by atoms with van der Waals surface area (Å²) in [4.78, 5) is 23.7. The molecule has 0 saturated carbocycles. The van der Waals surface area contributed by atoms with Crippen LogP contribution in [0.4, 0.5) is 5.69 Å². The maximum absolute atomic E-state index is 13.2. The number of nitro benzene ring substituents is 1. The average Bonchev–Trinajstić information content (AvgIpc) is 3.06. The number of hydrogen-bond donors (Lipinski definition) is 0. The minimum atomic E-state index is -0.625. The van der Waals surface area contributed by atoms with Crippen molar-refractivity contribution >= 4 is 11.7 Å². The predicted molar refractivity (Wildman–Crippen MR) is 117 cm³/mol. The van der Waals surface area contributed by atoms with Crippen LogP contribution < -0.4 is 0 Å². The third-order valence-corrected chi connectivity index (χ3v) is 4.69. The van der Waals surface area contributed by atoms with Crippen molar-refractivity contribution in [3.8, 4) is 11.1 Å². The maximum Gasteiger partial charge on any atom is 0.356 e. The summed E-state index contributed by atoms with van der Waals surface area (Å²) in [5.74, 6) is -0.386. The monoisotopic (exact) mass is 406 g/mol. The van der Waals surface area contributed by atoms with Crippen LogP contribution in [-0.2, 0) is 17.7 Å². The number of non-ortho nitro benzene ring substituents is 1. The van der Waals surface area contributed by atoms with Crippen LogP contribution in [0.25, 0.3) is 11.1 Å². The topological polar surface area (TPSA) is 74.4 Å². The van der Waals surface area contributed by atoms with Gasteiger partial charge in [-0.15, -0.1) is 0 Å². The minimum absolute atomic E-state index is 0.0397. The lowest BCUT2D eigenvalue weighted by Crippen LogP contribution is -2.26. The summed E-state index contributed by atoms with van der Waals surface area (Å²) in [6.45, 7) is 8.00. The van der Waals surface area contributed by atoms with E-state index < -0.39 is 10.5 Å². The first-order chi connectivity index (χ1) is 14.2. The van der Waals surface area contributed by atoms with Gasteiger partial charge in [-0.25, -0.2) is 4.79 Å². The Hall–Kier alpha value is -3.41. The Morgan fingerprint density at radius 1 is 1.07 bits per heavy atom. The fraction of sp³-hybridized carbons (Fsp3) is 0.292. The number of aromatic nitrogens is 1. The highest BCUT2D eigenvalue weighted by molar-refractivity contribution is 5.97. The van der Waals surface area contributed by atoms with Crippen LogP contribution in [-0.4, -0.2) is 21.1 Å². The molecule has 0 saturated heterocycles. The van der Waals surface area contributed by atoms with Crippen LogP contribution in [0.3, 0.4) is 0 Å². The van der Waals surface area contributed by atoms with Crippen LogP contribution >= 0.6 is 0 Å². The van der Waals surface area contributed by atoms with E-state index in [9.17, 15) is 14.9 Å². The van der Waals surface area contributed by atoms with Gasteiger partial charge in [0, 0.05) is 30.4 Å². The SMILES string of the molecule is CCc1cn(Cc2ccc([N+](=O)[O-])cc2)c(C(=O)OC(C)(C)C)c1-c1ccccc1. The quantitative estimate of drug-likeness (QED) is 0.302. The molecule has 0 fully saturated rings. The number of aryl methyl sites for hydroxylation is 1. The van der Waals surface area contributed by atoms with Crippen LogP contribution in [0, 0.1) is 10.1 Å². The first-order valence-corrected chi connectivity index (χ1v) is 9.93. The van der Waals surface area contributed by atoms with Crippen LogP contribution in [0.5, 0.6) is 0 Å². The number of carbonyl (C=O) groups excluding carboxylic acids is 1. The summed E-state index contributed by atoms with van der Waals surface area (Å²) in [6.07, 6.45) is 2.73. The maximum atomic E-state index is 13.2. The van der Waals surface area contributed by atoms with Crippen molar-refractivity contribution < 1.29 is 14.5 Å². The molecule has 0 amide bonds. The van der Waals surface area contributed by atoms with Crippen molar-refractivity contribution in [1.82, 2.24) is 4.57 Å². The molecule has 156 valence electrons. The number of ether oxygens (including phenoxy) is 1. The molecular formula is C24H26N2O4. The van der Waals surface area contributed by atoms with Crippen molar-refractivity contribution in [1.29, 1.82) is 0 Å². The summed E-state index contributed by atoms with van der Waals surface area (Å²) >= 11 is 0. The van der Waals surface area contributed by atoms with Gasteiger partial charge in [-0.1, -0.05) is 49.4 Å². The van der Waals surface area contributed by atoms with E-state index >= 15 is 0 Å². The first kappa shape index (κ1) is 21.3. The lowest BCUT2D eigenvalue weighted by atomic mass is 10.00. The Morgan fingerprint density at radius 2 is 1.70 bits per heavy atom. The largest absolute Gasteiger partial charge is 0.455 e. The van der Waals surface area contributed by atoms with E-state index in [0.717, 1.165) is 28.7 Å². The molecule has 0 N–H and O–H groups in total. The van der Waals surface area contributed by atoms with Gasteiger partial charge in [0.2, 0.25) is 0 Å². The van der Waals surface area contributed by atoms with Gasteiger partial charge in [0.15, 0.2) is 0 Å². The van der Waals surface area contributed by atoms with E-state index in [0.29, 0.717) is 12.2 Å². The minimum Gasteiger partial charge on any atom is -0.455 e. The summed E-state index contributed by atoms with van der Waals surface area (Å²) in [5.41, 5.74) is 3.64. The van der Waals surface area contributed by atoms with Crippen LogP contribution in [0.15, 0.2) is 60.8 Å². The van der Waals surface area contributed by atoms with Gasteiger partial charge in [-0.05, 0) is 43.9 Å². The van der Waals surface area contributed by atoms with Crippen molar-refractivity contribution in [2.24, 2.45) is 0 Å². The average molecular weight is 406 g/mol. The van der Waals surface area contributed by atoms with Gasteiger partial charge in [-0.2, -0.15) is 0 Å². The highest BCUT2D eigenvalue weighted by Gasteiger charge is 2.27. The third kappa shape index (κ3) is 4.76. The van der Waals surface area contributed by atoms with E-state index in [1.54, 1.807) is 12.1 Å². The lowest BCUT2D eigenvalue weighted by Gasteiger charge is -2.21. The van der Waals surface area contributed by atoms with Gasteiger partial charge in [-0.3, -0.25) is 10.1 Å². The normalized spacial score (nSPS) is 11.3. The van der Waals surface area contributed by atoms with Gasteiger partial charge in [0.05, 0.1) is 4.92 Å². The predicted octanol–water partition coefficient (Wildman–Crippen LogP) is 5.63. The van der Waals surface area contributed by atoms with E-state index in [2.05, 4.69) is 6.92 Å². The number of nitrogens with zero attached hydrogens (tertiary/aromatic N) is 2. The molecule has 0 spiro atoms. The number of carbonyl (C=O) groups is 1. The molecule has 6 heteroatoms. The molecule has 6 nitrogen and oxygen atoms in total. The summed E-state index contributed by atoms with van der Waals surface area (Å²) in [7, 11) is 0. The van der Waals surface area contributed by atoms with Gasteiger partial charge in [0.1, 0.15) is 11.3 Å². The van der Waals surface area contributed by atoms with Gasteiger partial charge >= 0.3 is 5.97 Å². The van der Waals surface area contributed by atoms with Crippen molar-refractivity contribution in [2.45, 2.75) is 46.3 Å². The molecule has 0 aliphatic carbocycles. The Kier molecular flexibility index (Phi) is 6.06. The highest BCUT2D eigenvalue weighted by Crippen LogP contribution is 2.32. The first-order valence-electron chi connectivity index (χ1n) is 9.93. The third-order valence-electron chi connectivity index (χ3n) is 4.69. The zero-order valence-electron chi connectivity index (χ0n) is 17.7. The van der Waals surface area contributed by atoms with Gasteiger partial charge in [0.25, 0.3) is 5.69 Å². The summed E-state index contributed by atoms with van der Waals surface area (Å²) in [6, 6.07) is 16.2. The standard InChI is InChI=1S/C24H26N2O4/c1-5-18-16-25(15-17-11-13-20(14-12-17)26(28)29)22(23(27)30-24(2,3)4)21(18)19-9-7-6-8-10-19/h6-14,16H,5,15H2,1-4H3. The Morgan fingerprint density at radius 3 is 2.23 bits per heavy atom. The number of hydrogen-bond acceptors (Lipinski definition) is 4. The Balaban J connectivity index is 2.10. The van der Waals surface area contributed by atoms with Crippen molar-refractivity contribution in [3.05, 3.63) is 87.7 Å². The van der Waals surface area contributed by atoms with E-state index in [1.807, 2.05) is 61.9 Å². The molecular weight excluding hydrogens is 380 g/mol. The number of nitro groups is 1. The molecule has 0 bridgehead atoms. The molecule has 0 aliphatic rings. The molecule has 0 aliphatic heterocycles. The van der Waals surface area contributed by atoms with Crippen molar-refractivity contribution in [2.75, 3.05) is 0 Å². The molecule has 3 rings (SSSR count). The van der Waals surface area contributed by atoms with Gasteiger partial charge < -0.3 is 9.30 Å². The molecule has 3 aromatic rings. The molecule has 0 atom stereocenters. The number of benzene rings is 2. The Labute approximate surface area is 176 Å². The number of esters is 1. The van der Waals surface area contributed by atoms with Crippen molar-refractivity contribution in [3.63, 3.8) is 0 Å². The summed E-state index contributed by atoms with van der Waals surface area (Å²) < 4.78 is 7.61. The second-order valence-corrected chi connectivity index (χ2v) is 8.15. The van der Waals surface area contributed by atoms with E-state index in [4.69, 9.17) is 4.74 Å². The Bertz CT molecular complexity index is 1050. The lowest BCUT2D eigenvalue weighted by molar-refractivity contribution is -0.384. The smallest absolute Gasteiger partial charge is 0.356 e. The molecule has 30 heavy (non-hydrogen) atoms. The van der Waals surface area contributed by atoms with E-state index in [1.165, 1.54) is 12.1 Å². The molecule has 0 unspecified atom stereocenters. The molecule has 2 aromatic carbocycles. The molecule has 1 aromatic heterocycles. The summed E-state index contributed by atoms with van der Waals surface area (Å²) in [5, 5.41) is 10.9. The van der Waals surface area contributed by atoms with Crippen LogP contribution in [0.2, 0.25) is 0 Å². The fourth-order valence-corrected chi connectivity index (χ4v) is 3.40. The molecule has 0 radical (unpaired) electrons. The second-order valence-electron chi connectivity index (χ2n) is 8.15.